The van der Waals surface area contributed by atoms with Crippen LogP contribution in [0.25, 0.3) is 5.69 Å². The Hall–Kier alpha value is -2.30. The third kappa shape index (κ3) is 2.63. The lowest BCUT2D eigenvalue weighted by Crippen LogP contribution is -2.32. The largest absolute Gasteiger partial charge is 0.494 e. The quantitative estimate of drug-likeness (QED) is 0.888. The Morgan fingerprint density at radius 1 is 1.19 bits per heavy atom. The Morgan fingerprint density at radius 3 is 2.38 bits per heavy atom. The van der Waals surface area contributed by atoms with Gasteiger partial charge in [-0.15, -0.1) is 0 Å². The number of hydrogen-bond donors (Lipinski definition) is 2. The summed E-state index contributed by atoms with van der Waals surface area (Å²) in [6.45, 7) is 7.84. The fourth-order valence-electron chi connectivity index (χ4n) is 2.41. The molecule has 5 nitrogen and oxygen atoms in total. The maximum absolute atomic E-state index is 12.2. The topological polar surface area (TPSA) is 75.1 Å². The number of nitrogens with one attached hydrogen (secondary N) is 1. The summed E-state index contributed by atoms with van der Waals surface area (Å²) in [5.41, 5.74) is 0.328. The number of aromatic amines is 1. The molecule has 1 heterocycles. The molecule has 5 heteroatoms. The lowest BCUT2D eigenvalue weighted by Gasteiger charge is -2.24. The summed E-state index contributed by atoms with van der Waals surface area (Å²) in [6.07, 6.45) is 0.346. The summed E-state index contributed by atoms with van der Waals surface area (Å²) in [6, 6.07) is 7.36. The minimum Gasteiger partial charge on any atom is -0.494 e. The number of aromatic nitrogens is 2. The zero-order chi connectivity index (χ0) is 15.8. The summed E-state index contributed by atoms with van der Waals surface area (Å²) in [4.78, 5) is 26.2. The van der Waals surface area contributed by atoms with E-state index >= 15 is 0 Å². The van der Waals surface area contributed by atoms with E-state index in [-0.39, 0.29) is 16.9 Å². The number of para-hydroxylation sites is 1. The second-order valence-corrected chi connectivity index (χ2v) is 6.02. The molecule has 112 valence electrons. The van der Waals surface area contributed by atoms with Gasteiger partial charge in [0.05, 0.1) is 11.3 Å². The smallest absolute Gasteiger partial charge is 0.335 e. The van der Waals surface area contributed by atoms with E-state index in [0.717, 1.165) is 5.56 Å². The normalized spacial score (nSPS) is 11.6. The first-order valence-electron chi connectivity index (χ1n) is 6.94. The second kappa shape index (κ2) is 5.24. The molecule has 2 N–H and O–H groups in total. The highest BCUT2D eigenvalue weighted by Crippen LogP contribution is 2.29. The van der Waals surface area contributed by atoms with Crippen LogP contribution < -0.4 is 11.2 Å². The Bertz CT molecular complexity index is 779. The van der Waals surface area contributed by atoms with Crippen LogP contribution in [0, 0.1) is 0 Å². The van der Waals surface area contributed by atoms with Crippen LogP contribution in [-0.4, -0.2) is 14.7 Å². The van der Waals surface area contributed by atoms with Crippen molar-refractivity contribution >= 4 is 0 Å². The highest BCUT2D eigenvalue weighted by Gasteiger charge is 2.22. The second-order valence-electron chi connectivity index (χ2n) is 6.02. The van der Waals surface area contributed by atoms with E-state index in [0.29, 0.717) is 12.1 Å². The van der Waals surface area contributed by atoms with Gasteiger partial charge in [-0.1, -0.05) is 45.9 Å². The third-order valence-corrected chi connectivity index (χ3v) is 3.49. The van der Waals surface area contributed by atoms with E-state index < -0.39 is 11.2 Å². The van der Waals surface area contributed by atoms with Gasteiger partial charge in [0.1, 0.15) is 0 Å². The zero-order valence-corrected chi connectivity index (χ0v) is 12.7. The molecular formula is C16H20N2O3. The number of rotatable bonds is 2. The van der Waals surface area contributed by atoms with Gasteiger partial charge in [0, 0.05) is 0 Å². The average Bonchev–Trinajstić information content (AvgIpc) is 2.38. The molecule has 1 aromatic carbocycles. The molecule has 0 amide bonds. The molecule has 0 fully saturated rings. The first-order chi connectivity index (χ1) is 9.77. The van der Waals surface area contributed by atoms with E-state index in [9.17, 15) is 14.7 Å². The van der Waals surface area contributed by atoms with Crippen LogP contribution in [0.4, 0.5) is 0 Å². The molecule has 0 atom stereocenters. The predicted octanol–water partition coefficient (Wildman–Crippen LogP) is 2.09. The van der Waals surface area contributed by atoms with Gasteiger partial charge < -0.3 is 5.11 Å². The van der Waals surface area contributed by atoms with Gasteiger partial charge in [0.2, 0.25) is 5.88 Å². The van der Waals surface area contributed by atoms with Gasteiger partial charge in [-0.3, -0.25) is 9.78 Å². The summed E-state index contributed by atoms with van der Waals surface area (Å²) < 4.78 is 1.17. The Kier molecular flexibility index (Phi) is 3.77. The average molecular weight is 288 g/mol. The minimum atomic E-state index is -0.633. The summed E-state index contributed by atoms with van der Waals surface area (Å²) in [5, 5.41) is 10.3. The Balaban J connectivity index is 2.87. The van der Waals surface area contributed by atoms with Crippen molar-refractivity contribution in [1.29, 1.82) is 0 Å². The lowest BCUT2D eigenvalue weighted by molar-refractivity contribution is 0.422. The molecule has 0 saturated heterocycles. The van der Waals surface area contributed by atoms with Crippen molar-refractivity contribution in [2.75, 3.05) is 0 Å². The minimum absolute atomic E-state index is 0.203. The number of nitrogens with zero attached hydrogens (tertiary/aromatic N) is 1. The van der Waals surface area contributed by atoms with Crippen LogP contribution in [0.15, 0.2) is 33.9 Å². The maximum Gasteiger partial charge on any atom is 0.335 e. The Labute approximate surface area is 122 Å². The van der Waals surface area contributed by atoms with Crippen molar-refractivity contribution in [3.8, 4) is 11.6 Å². The van der Waals surface area contributed by atoms with Crippen molar-refractivity contribution in [2.24, 2.45) is 0 Å². The number of aromatic hydroxyl groups is 1. The van der Waals surface area contributed by atoms with Crippen LogP contribution in [0.2, 0.25) is 0 Å². The van der Waals surface area contributed by atoms with E-state index in [1.54, 1.807) is 19.1 Å². The van der Waals surface area contributed by atoms with Crippen LogP contribution >= 0.6 is 0 Å². The molecule has 0 saturated carbocycles. The molecule has 2 rings (SSSR count). The summed E-state index contributed by atoms with van der Waals surface area (Å²) in [5.74, 6) is -0.289. The fraction of sp³-hybridized carbons (Fsp3) is 0.375. The first-order valence-corrected chi connectivity index (χ1v) is 6.94. The number of H-pyrrole nitrogens is 1. The SMILES string of the molecule is CCc1c(O)n(-c2ccccc2C(C)(C)C)c(=O)[nH]c1=O. The first kappa shape index (κ1) is 15.1. The standard InChI is InChI=1S/C16H20N2O3/c1-5-10-13(19)17-15(21)18(14(10)20)12-9-7-6-8-11(12)16(2,3)4/h6-9,20H,5H2,1-4H3,(H,17,19,21). The van der Waals surface area contributed by atoms with Crippen molar-refractivity contribution in [3.05, 3.63) is 56.2 Å². The number of hydrogen-bond acceptors (Lipinski definition) is 3. The van der Waals surface area contributed by atoms with Crippen molar-refractivity contribution < 1.29 is 5.11 Å². The van der Waals surface area contributed by atoms with Gasteiger partial charge in [0.25, 0.3) is 5.56 Å². The molecule has 2 aromatic rings. The molecule has 0 aliphatic rings. The lowest BCUT2D eigenvalue weighted by atomic mass is 9.85. The molecule has 0 spiro atoms. The summed E-state index contributed by atoms with van der Waals surface area (Å²) >= 11 is 0. The molecule has 0 unspecified atom stereocenters. The van der Waals surface area contributed by atoms with Crippen LogP contribution in [0.3, 0.4) is 0 Å². The van der Waals surface area contributed by atoms with Gasteiger partial charge in [0.15, 0.2) is 0 Å². The highest BCUT2D eigenvalue weighted by atomic mass is 16.3. The molecule has 0 aliphatic heterocycles. The number of benzene rings is 1. The van der Waals surface area contributed by atoms with Crippen molar-refractivity contribution in [3.63, 3.8) is 0 Å². The fourth-order valence-corrected chi connectivity index (χ4v) is 2.41. The monoisotopic (exact) mass is 288 g/mol. The van der Waals surface area contributed by atoms with E-state index in [4.69, 9.17) is 0 Å². The molecule has 1 aromatic heterocycles. The van der Waals surface area contributed by atoms with E-state index in [2.05, 4.69) is 4.98 Å². The molecule has 0 aliphatic carbocycles. The van der Waals surface area contributed by atoms with E-state index in [1.165, 1.54) is 4.57 Å². The molecular weight excluding hydrogens is 268 g/mol. The predicted molar refractivity (Wildman–Crippen MR) is 82.4 cm³/mol. The third-order valence-electron chi connectivity index (χ3n) is 3.49. The highest BCUT2D eigenvalue weighted by molar-refractivity contribution is 5.47. The van der Waals surface area contributed by atoms with E-state index in [1.807, 2.05) is 32.9 Å². The zero-order valence-electron chi connectivity index (χ0n) is 12.7. The van der Waals surface area contributed by atoms with Crippen LogP contribution in [0.5, 0.6) is 5.88 Å². The molecule has 0 bridgehead atoms. The van der Waals surface area contributed by atoms with Crippen LogP contribution in [-0.2, 0) is 11.8 Å². The molecule has 21 heavy (non-hydrogen) atoms. The van der Waals surface area contributed by atoms with Gasteiger partial charge in [-0.2, -0.15) is 0 Å². The van der Waals surface area contributed by atoms with Crippen LogP contribution in [0.1, 0.15) is 38.8 Å². The van der Waals surface area contributed by atoms with Gasteiger partial charge in [-0.05, 0) is 23.5 Å². The molecule has 0 radical (unpaired) electrons. The van der Waals surface area contributed by atoms with Gasteiger partial charge in [-0.25, -0.2) is 9.36 Å². The van der Waals surface area contributed by atoms with Crippen molar-refractivity contribution in [1.82, 2.24) is 9.55 Å². The van der Waals surface area contributed by atoms with Gasteiger partial charge >= 0.3 is 5.69 Å². The van der Waals surface area contributed by atoms with Crippen molar-refractivity contribution in [2.45, 2.75) is 39.5 Å². The maximum atomic E-state index is 12.2. The Morgan fingerprint density at radius 2 is 1.81 bits per heavy atom. The summed E-state index contributed by atoms with van der Waals surface area (Å²) in [7, 11) is 0.